The lowest BCUT2D eigenvalue weighted by Gasteiger charge is -2.20. The predicted molar refractivity (Wildman–Crippen MR) is 71.7 cm³/mol. The molecule has 1 unspecified atom stereocenters. The maximum atomic E-state index is 11.9. The van der Waals surface area contributed by atoms with Gasteiger partial charge in [-0.3, -0.25) is 4.79 Å². The molecular formula is C13H17NO3S. The second kappa shape index (κ2) is 6.00. The van der Waals surface area contributed by atoms with Crippen molar-refractivity contribution in [1.29, 1.82) is 0 Å². The van der Waals surface area contributed by atoms with Gasteiger partial charge in [-0.05, 0) is 24.7 Å². The number of carbonyl (C=O) groups excluding carboxylic acids is 1. The van der Waals surface area contributed by atoms with Gasteiger partial charge in [0.1, 0.15) is 0 Å². The number of carbonyl (C=O) groups is 1. The summed E-state index contributed by atoms with van der Waals surface area (Å²) in [6.07, 6.45) is 2.02. The number of benzene rings is 1. The van der Waals surface area contributed by atoms with Crippen LogP contribution in [0.3, 0.4) is 0 Å². The van der Waals surface area contributed by atoms with E-state index in [1.165, 1.54) is 6.07 Å². The highest BCUT2D eigenvalue weighted by atomic mass is 32.2. The molecule has 1 aromatic rings. The molecule has 0 aliphatic carbocycles. The quantitative estimate of drug-likeness (QED) is 0.731. The average molecular weight is 267 g/mol. The molecule has 4 nitrogen and oxygen atoms in total. The number of nitrogens with one attached hydrogen (secondary N) is 1. The van der Waals surface area contributed by atoms with Crippen LogP contribution < -0.4 is 5.32 Å². The summed E-state index contributed by atoms with van der Waals surface area (Å²) in [5.74, 6) is 1.80. The van der Waals surface area contributed by atoms with Crippen molar-refractivity contribution in [3.63, 3.8) is 0 Å². The fourth-order valence-electron chi connectivity index (χ4n) is 1.99. The number of rotatable bonds is 3. The molecule has 1 saturated heterocycles. The van der Waals surface area contributed by atoms with E-state index in [0.29, 0.717) is 5.56 Å². The van der Waals surface area contributed by atoms with Crippen molar-refractivity contribution in [3.05, 3.63) is 23.8 Å². The monoisotopic (exact) mass is 267 g/mol. The lowest BCUT2D eigenvalue weighted by molar-refractivity contribution is -0.124. The zero-order valence-corrected chi connectivity index (χ0v) is 10.9. The molecule has 1 aromatic carbocycles. The second-order valence-electron chi connectivity index (χ2n) is 4.42. The van der Waals surface area contributed by atoms with Crippen molar-refractivity contribution >= 4 is 17.7 Å². The fraction of sp³-hybridized carbons (Fsp3) is 0.462. The van der Waals surface area contributed by atoms with E-state index >= 15 is 0 Å². The molecule has 0 saturated carbocycles. The molecule has 1 aliphatic rings. The molecule has 0 spiro atoms. The van der Waals surface area contributed by atoms with E-state index in [-0.39, 0.29) is 29.9 Å². The minimum atomic E-state index is -0.157. The zero-order valence-electron chi connectivity index (χ0n) is 10.1. The lowest BCUT2D eigenvalue weighted by atomic mass is 10.0. The Labute approximate surface area is 110 Å². The maximum absolute atomic E-state index is 11.9. The van der Waals surface area contributed by atoms with E-state index < -0.39 is 0 Å². The number of para-hydroxylation sites is 1. The summed E-state index contributed by atoms with van der Waals surface area (Å²) in [4.78, 5) is 11.9. The van der Waals surface area contributed by atoms with Gasteiger partial charge >= 0.3 is 0 Å². The highest BCUT2D eigenvalue weighted by Crippen LogP contribution is 2.28. The number of hydrogen-bond donors (Lipinski definition) is 3. The van der Waals surface area contributed by atoms with Crippen LogP contribution >= 0.6 is 11.8 Å². The number of thioether (sulfide) groups is 1. The first-order chi connectivity index (χ1) is 8.68. The first kappa shape index (κ1) is 13.1. The van der Waals surface area contributed by atoms with Crippen LogP contribution in [-0.4, -0.2) is 27.6 Å². The molecular weight excluding hydrogens is 250 g/mol. The summed E-state index contributed by atoms with van der Waals surface area (Å²) in [7, 11) is 0. The lowest BCUT2D eigenvalue weighted by Crippen LogP contribution is -2.33. The van der Waals surface area contributed by atoms with Crippen molar-refractivity contribution in [2.24, 2.45) is 5.92 Å². The van der Waals surface area contributed by atoms with E-state index in [1.807, 2.05) is 11.8 Å². The molecule has 1 heterocycles. The third-order valence-electron chi connectivity index (χ3n) is 3.08. The Morgan fingerprint density at radius 2 is 2.28 bits per heavy atom. The highest BCUT2D eigenvalue weighted by Gasteiger charge is 2.21. The van der Waals surface area contributed by atoms with E-state index in [0.717, 1.165) is 24.3 Å². The Balaban J connectivity index is 1.90. The van der Waals surface area contributed by atoms with Crippen LogP contribution in [0.5, 0.6) is 11.5 Å². The Bertz CT molecular complexity index is 430. The van der Waals surface area contributed by atoms with Crippen LogP contribution in [0.2, 0.25) is 0 Å². The molecule has 0 bridgehead atoms. The third kappa shape index (κ3) is 3.10. The molecule has 0 radical (unpaired) electrons. The Morgan fingerprint density at radius 1 is 1.44 bits per heavy atom. The van der Waals surface area contributed by atoms with Gasteiger partial charge in [-0.1, -0.05) is 12.1 Å². The largest absolute Gasteiger partial charge is 0.504 e. The van der Waals surface area contributed by atoms with Gasteiger partial charge in [0.25, 0.3) is 0 Å². The Morgan fingerprint density at radius 3 is 3.00 bits per heavy atom. The van der Waals surface area contributed by atoms with E-state index in [1.54, 1.807) is 12.1 Å². The Kier molecular flexibility index (Phi) is 4.36. The van der Waals surface area contributed by atoms with Crippen molar-refractivity contribution in [2.45, 2.75) is 19.4 Å². The first-order valence-electron chi connectivity index (χ1n) is 6.03. The van der Waals surface area contributed by atoms with Gasteiger partial charge in [0.05, 0.1) is 0 Å². The van der Waals surface area contributed by atoms with Crippen molar-refractivity contribution in [1.82, 2.24) is 5.32 Å². The van der Waals surface area contributed by atoms with Crippen molar-refractivity contribution < 1.29 is 15.0 Å². The van der Waals surface area contributed by atoms with Gasteiger partial charge in [-0.25, -0.2) is 0 Å². The van der Waals surface area contributed by atoms with Crippen LogP contribution in [0.25, 0.3) is 0 Å². The van der Waals surface area contributed by atoms with E-state index in [9.17, 15) is 15.0 Å². The first-order valence-corrected chi connectivity index (χ1v) is 7.19. The molecule has 0 aromatic heterocycles. The predicted octanol–water partition coefficient (Wildman–Crippen LogP) is 1.86. The maximum Gasteiger partial charge on any atom is 0.224 e. The molecule has 2 rings (SSSR count). The van der Waals surface area contributed by atoms with Crippen LogP contribution in [-0.2, 0) is 11.3 Å². The van der Waals surface area contributed by atoms with Gasteiger partial charge in [-0.2, -0.15) is 11.8 Å². The van der Waals surface area contributed by atoms with Crippen LogP contribution in [0.4, 0.5) is 0 Å². The normalized spacial score (nSPS) is 19.4. The number of phenolic OH excluding ortho intramolecular Hbond substituents is 2. The van der Waals surface area contributed by atoms with Crippen LogP contribution in [0.1, 0.15) is 18.4 Å². The van der Waals surface area contributed by atoms with Crippen molar-refractivity contribution in [2.75, 3.05) is 11.5 Å². The molecule has 3 N–H and O–H groups in total. The molecule has 1 amide bonds. The van der Waals surface area contributed by atoms with Crippen LogP contribution in [0, 0.1) is 5.92 Å². The summed E-state index contributed by atoms with van der Waals surface area (Å²) in [5, 5.41) is 21.8. The highest BCUT2D eigenvalue weighted by molar-refractivity contribution is 7.99. The van der Waals surface area contributed by atoms with Crippen molar-refractivity contribution in [3.8, 4) is 11.5 Å². The van der Waals surface area contributed by atoms with Gasteiger partial charge in [0.15, 0.2) is 11.5 Å². The molecule has 5 heteroatoms. The summed E-state index contributed by atoms with van der Waals surface area (Å²) < 4.78 is 0. The molecule has 18 heavy (non-hydrogen) atoms. The Hall–Kier alpha value is -1.36. The topological polar surface area (TPSA) is 69.6 Å². The number of aromatic hydroxyl groups is 2. The van der Waals surface area contributed by atoms with E-state index in [4.69, 9.17) is 0 Å². The zero-order chi connectivity index (χ0) is 13.0. The molecule has 1 atom stereocenters. The van der Waals surface area contributed by atoms with Gasteiger partial charge in [0, 0.05) is 23.8 Å². The minimum Gasteiger partial charge on any atom is -0.504 e. The number of amides is 1. The van der Waals surface area contributed by atoms with Gasteiger partial charge in [0.2, 0.25) is 5.91 Å². The standard InChI is InChI=1S/C13H17NO3S/c15-11-5-1-3-9(12(11)16)7-14-13(17)10-4-2-6-18-8-10/h1,3,5,10,15-16H,2,4,6-8H2,(H,14,17). The van der Waals surface area contributed by atoms with E-state index in [2.05, 4.69) is 5.32 Å². The molecule has 1 aliphatic heterocycles. The summed E-state index contributed by atoms with van der Waals surface area (Å²) in [6, 6.07) is 4.75. The number of phenols is 2. The molecule has 1 fully saturated rings. The average Bonchev–Trinajstić information content (AvgIpc) is 2.41. The second-order valence-corrected chi connectivity index (χ2v) is 5.57. The van der Waals surface area contributed by atoms with Gasteiger partial charge in [-0.15, -0.1) is 0 Å². The molecule has 98 valence electrons. The SMILES string of the molecule is O=C(NCc1cccc(O)c1O)C1CCCSC1. The summed E-state index contributed by atoms with van der Waals surface area (Å²) >= 11 is 1.81. The summed E-state index contributed by atoms with van der Waals surface area (Å²) in [6.45, 7) is 0.250. The fourth-order valence-corrected chi connectivity index (χ4v) is 3.13. The minimum absolute atomic E-state index is 0.0324. The third-order valence-corrected chi connectivity index (χ3v) is 4.30. The summed E-state index contributed by atoms with van der Waals surface area (Å²) in [5.41, 5.74) is 0.534. The van der Waals surface area contributed by atoms with Gasteiger partial charge < -0.3 is 15.5 Å². The smallest absolute Gasteiger partial charge is 0.224 e. The number of hydrogen-bond acceptors (Lipinski definition) is 4. The van der Waals surface area contributed by atoms with Crippen LogP contribution in [0.15, 0.2) is 18.2 Å².